The first kappa shape index (κ1) is 16.8. The Bertz CT molecular complexity index is 977. The predicted octanol–water partition coefficient (Wildman–Crippen LogP) is 1.37. The lowest BCUT2D eigenvalue weighted by Gasteiger charge is -2.09. The van der Waals surface area contributed by atoms with Crippen molar-refractivity contribution in [3.63, 3.8) is 0 Å². The van der Waals surface area contributed by atoms with E-state index < -0.39 is 0 Å². The molecule has 0 spiro atoms. The van der Waals surface area contributed by atoms with E-state index in [1.807, 2.05) is 13.1 Å². The Morgan fingerprint density at radius 3 is 2.88 bits per heavy atom. The van der Waals surface area contributed by atoms with Gasteiger partial charge in [0, 0.05) is 30.7 Å². The third kappa shape index (κ3) is 3.58. The van der Waals surface area contributed by atoms with Gasteiger partial charge in [-0.3, -0.25) is 9.48 Å². The van der Waals surface area contributed by atoms with Crippen molar-refractivity contribution in [1.82, 2.24) is 19.6 Å². The lowest BCUT2D eigenvalue weighted by atomic mass is 10.2. The van der Waals surface area contributed by atoms with Gasteiger partial charge in [-0.25, -0.2) is 9.07 Å². The molecule has 3 rings (SSSR count). The number of benzene rings is 1. The summed E-state index contributed by atoms with van der Waals surface area (Å²) in [5.74, 6) is 0.519. The largest absolute Gasteiger partial charge is 0.489 e. The van der Waals surface area contributed by atoms with Gasteiger partial charge in [0.2, 0.25) is 0 Å². The van der Waals surface area contributed by atoms with Crippen LogP contribution in [0.5, 0.6) is 5.75 Å². The Kier molecular flexibility index (Phi) is 4.90. The van der Waals surface area contributed by atoms with Crippen molar-refractivity contribution in [3.8, 4) is 5.75 Å². The molecule has 0 amide bonds. The van der Waals surface area contributed by atoms with E-state index in [9.17, 15) is 9.18 Å². The molecular formula is C17H18FN5O2. The Labute approximate surface area is 143 Å². The third-order valence-corrected chi connectivity index (χ3v) is 3.90. The van der Waals surface area contributed by atoms with Gasteiger partial charge in [0.1, 0.15) is 12.4 Å². The molecule has 0 radical (unpaired) electrons. The van der Waals surface area contributed by atoms with Gasteiger partial charge in [-0.15, -0.1) is 0 Å². The summed E-state index contributed by atoms with van der Waals surface area (Å²) in [6.45, 7) is 0.485. The van der Waals surface area contributed by atoms with Gasteiger partial charge in [-0.05, 0) is 24.3 Å². The molecule has 25 heavy (non-hydrogen) atoms. The van der Waals surface area contributed by atoms with Crippen molar-refractivity contribution >= 4 is 10.8 Å². The minimum Gasteiger partial charge on any atom is -0.489 e. The van der Waals surface area contributed by atoms with E-state index in [1.54, 1.807) is 35.3 Å². The smallest absolute Gasteiger partial charge is 0.274 e. The first-order valence-corrected chi connectivity index (χ1v) is 7.70. The van der Waals surface area contributed by atoms with E-state index in [-0.39, 0.29) is 18.7 Å². The monoisotopic (exact) mass is 343 g/mol. The van der Waals surface area contributed by atoms with Crippen LogP contribution in [0.1, 0.15) is 5.69 Å². The van der Waals surface area contributed by atoms with Gasteiger partial charge in [-0.1, -0.05) is 0 Å². The van der Waals surface area contributed by atoms with E-state index in [4.69, 9.17) is 10.5 Å². The van der Waals surface area contributed by atoms with Gasteiger partial charge in [0.25, 0.3) is 5.56 Å². The molecule has 2 aromatic heterocycles. The number of hydrogen-bond donors (Lipinski definition) is 1. The van der Waals surface area contributed by atoms with E-state index in [1.165, 1.54) is 4.68 Å². The highest BCUT2D eigenvalue weighted by Gasteiger charge is 2.08. The van der Waals surface area contributed by atoms with Gasteiger partial charge in [0.05, 0.1) is 30.2 Å². The van der Waals surface area contributed by atoms with E-state index in [2.05, 4.69) is 10.2 Å². The summed E-state index contributed by atoms with van der Waals surface area (Å²) in [5.41, 5.74) is 6.42. The number of nitrogens with two attached hydrogens (primary N) is 1. The highest BCUT2D eigenvalue weighted by atomic mass is 19.1. The Morgan fingerprint density at radius 2 is 2.20 bits per heavy atom. The van der Waals surface area contributed by atoms with Crippen molar-refractivity contribution in [3.05, 3.63) is 64.6 Å². The normalized spacial score (nSPS) is 11.9. The van der Waals surface area contributed by atoms with E-state index in [0.29, 0.717) is 35.0 Å². The molecule has 130 valence electrons. The number of nitrogens with zero attached hydrogens (tertiary/aromatic N) is 4. The number of fused-ring (bicyclic) bond motifs is 1. The van der Waals surface area contributed by atoms with E-state index in [0.717, 1.165) is 5.69 Å². The Hall–Kier alpha value is -3.00. The van der Waals surface area contributed by atoms with Crippen LogP contribution in [0.4, 0.5) is 4.39 Å². The summed E-state index contributed by atoms with van der Waals surface area (Å²) in [5, 5.41) is 9.48. The molecule has 0 saturated carbocycles. The topological polar surface area (TPSA) is 88.0 Å². The third-order valence-electron chi connectivity index (χ3n) is 3.90. The van der Waals surface area contributed by atoms with Crippen LogP contribution in [0.3, 0.4) is 0 Å². The number of ether oxygens (including phenoxy) is 1. The van der Waals surface area contributed by atoms with Crippen LogP contribution in [0.15, 0.2) is 53.4 Å². The summed E-state index contributed by atoms with van der Waals surface area (Å²) in [6, 6.07) is 6.88. The SMILES string of the molecule is Cn1nccc1Cn1ncc2cc(OCC(=CF)CN)ccc2c1=O. The first-order valence-electron chi connectivity index (χ1n) is 7.70. The zero-order chi connectivity index (χ0) is 17.8. The lowest BCUT2D eigenvalue weighted by Crippen LogP contribution is -2.24. The molecule has 0 aliphatic heterocycles. The molecule has 1 aromatic carbocycles. The Balaban J connectivity index is 1.86. The van der Waals surface area contributed by atoms with Crippen molar-refractivity contribution in [2.45, 2.75) is 6.54 Å². The molecule has 0 aliphatic carbocycles. The van der Waals surface area contributed by atoms with Crippen LogP contribution < -0.4 is 16.0 Å². The predicted molar refractivity (Wildman–Crippen MR) is 92.1 cm³/mol. The number of aromatic nitrogens is 4. The maximum absolute atomic E-state index is 12.6. The molecule has 2 N–H and O–H groups in total. The Morgan fingerprint density at radius 1 is 1.36 bits per heavy atom. The number of hydrogen-bond acceptors (Lipinski definition) is 5. The molecule has 0 aliphatic rings. The van der Waals surface area contributed by atoms with Crippen LogP contribution >= 0.6 is 0 Å². The maximum Gasteiger partial charge on any atom is 0.274 e. The molecule has 0 atom stereocenters. The summed E-state index contributed by atoms with van der Waals surface area (Å²) in [6.07, 6.45) is 3.72. The van der Waals surface area contributed by atoms with Crippen molar-refractivity contribution in [2.75, 3.05) is 13.2 Å². The molecule has 0 saturated heterocycles. The standard InChI is InChI=1S/C17H18FN5O2/c1-22-14(4-5-20-22)10-23-17(24)16-3-2-15(6-13(16)9-21-23)25-11-12(7-18)8-19/h2-7,9H,8,10-11,19H2,1H3. The quantitative estimate of drug-likeness (QED) is 0.730. The number of halogens is 1. The second-order valence-electron chi connectivity index (χ2n) is 5.56. The summed E-state index contributed by atoms with van der Waals surface area (Å²) >= 11 is 0. The number of aryl methyl sites for hydroxylation is 1. The summed E-state index contributed by atoms with van der Waals surface area (Å²) in [4.78, 5) is 12.6. The van der Waals surface area contributed by atoms with Crippen molar-refractivity contribution < 1.29 is 9.13 Å². The molecule has 7 nitrogen and oxygen atoms in total. The maximum atomic E-state index is 12.6. The van der Waals surface area contributed by atoms with Gasteiger partial charge in [-0.2, -0.15) is 10.2 Å². The van der Waals surface area contributed by atoms with Crippen molar-refractivity contribution in [1.29, 1.82) is 0 Å². The van der Waals surface area contributed by atoms with Crippen LogP contribution in [0.2, 0.25) is 0 Å². The molecule has 3 aromatic rings. The molecule has 8 heteroatoms. The molecule has 0 fully saturated rings. The molecule has 2 heterocycles. The van der Waals surface area contributed by atoms with Gasteiger partial charge >= 0.3 is 0 Å². The average Bonchev–Trinajstić information content (AvgIpc) is 3.03. The van der Waals surface area contributed by atoms with E-state index >= 15 is 0 Å². The van der Waals surface area contributed by atoms with Crippen LogP contribution in [0, 0.1) is 0 Å². The second-order valence-corrected chi connectivity index (χ2v) is 5.56. The fraction of sp³-hybridized carbons (Fsp3) is 0.235. The molecule has 0 bridgehead atoms. The summed E-state index contributed by atoms with van der Waals surface area (Å²) in [7, 11) is 1.81. The highest BCUT2D eigenvalue weighted by molar-refractivity contribution is 5.82. The van der Waals surface area contributed by atoms with Crippen LogP contribution in [-0.4, -0.2) is 32.7 Å². The van der Waals surface area contributed by atoms with Crippen molar-refractivity contribution in [2.24, 2.45) is 12.8 Å². The minimum absolute atomic E-state index is 0.0590. The lowest BCUT2D eigenvalue weighted by molar-refractivity contribution is 0.348. The van der Waals surface area contributed by atoms with Crippen LogP contribution in [-0.2, 0) is 13.6 Å². The second kappa shape index (κ2) is 7.27. The minimum atomic E-state index is -0.198. The zero-order valence-electron chi connectivity index (χ0n) is 13.7. The average molecular weight is 343 g/mol. The zero-order valence-corrected chi connectivity index (χ0v) is 13.7. The first-order chi connectivity index (χ1) is 12.1. The van der Waals surface area contributed by atoms with Crippen LogP contribution in [0.25, 0.3) is 10.8 Å². The van der Waals surface area contributed by atoms with Gasteiger partial charge < -0.3 is 10.5 Å². The fourth-order valence-corrected chi connectivity index (χ4v) is 2.39. The molecule has 0 unspecified atom stereocenters. The highest BCUT2D eigenvalue weighted by Crippen LogP contribution is 2.18. The fourth-order valence-electron chi connectivity index (χ4n) is 2.39. The molecular weight excluding hydrogens is 325 g/mol. The summed E-state index contributed by atoms with van der Waals surface area (Å²) < 4.78 is 21.1. The number of rotatable bonds is 6. The van der Waals surface area contributed by atoms with Gasteiger partial charge in [0.15, 0.2) is 0 Å².